The number of likely N-dealkylation sites (tertiary alicyclic amines) is 1. The van der Waals surface area contributed by atoms with Gasteiger partial charge >= 0.3 is 0 Å². The number of aliphatic hydroxyl groups excluding tert-OH is 1. The van der Waals surface area contributed by atoms with E-state index in [-0.39, 0.29) is 11.7 Å². The van der Waals surface area contributed by atoms with Crippen LogP contribution in [0.1, 0.15) is 18.9 Å². The molecule has 3 N–H and O–H groups in total. The number of halogens is 1. The molecular weight excluding hydrogens is 299 g/mol. The number of β-amino-alcohol motifs (C(OH)–C–C–N with tert-alkyl or cyclic N) is 1. The Kier molecular flexibility index (Phi) is 4.08. The molecule has 0 bridgehead atoms. The fourth-order valence-electron chi connectivity index (χ4n) is 3.20. The van der Waals surface area contributed by atoms with Crippen molar-refractivity contribution >= 4 is 16.9 Å². The van der Waals surface area contributed by atoms with Gasteiger partial charge in [0.1, 0.15) is 11.5 Å². The minimum atomic E-state index is -0.687. The summed E-state index contributed by atoms with van der Waals surface area (Å²) in [4.78, 5) is 21.3. The third-order valence-corrected chi connectivity index (χ3v) is 4.71. The number of pyridine rings is 1. The van der Waals surface area contributed by atoms with Crippen molar-refractivity contribution < 1.29 is 14.3 Å². The smallest absolute Gasteiger partial charge is 0.240 e. The highest BCUT2D eigenvalue weighted by Gasteiger charge is 2.44. The molecular formula is C16H21FN4O2. The van der Waals surface area contributed by atoms with Crippen LogP contribution in [0.2, 0.25) is 0 Å². The normalized spacial score (nSPS) is 25.1. The molecule has 1 aliphatic rings. The summed E-state index contributed by atoms with van der Waals surface area (Å²) in [5.41, 5.74) is 0.864. The van der Waals surface area contributed by atoms with Crippen LogP contribution in [0.15, 0.2) is 18.5 Å². The second kappa shape index (κ2) is 5.90. The summed E-state index contributed by atoms with van der Waals surface area (Å²) in [5, 5.41) is 13.4. The molecule has 2 aromatic heterocycles. The lowest BCUT2D eigenvalue weighted by Crippen LogP contribution is -2.52. The third kappa shape index (κ3) is 2.94. The highest BCUT2D eigenvalue weighted by atomic mass is 19.1. The number of nitrogens with zero attached hydrogens (tertiary/aromatic N) is 2. The van der Waals surface area contributed by atoms with E-state index in [4.69, 9.17) is 0 Å². The van der Waals surface area contributed by atoms with Gasteiger partial charge in [-0.1, -0.05) is 0 Å². The molecule has 1 aliphatic heterocycles. The third-order valence-electron chi connectivity index (χ3n) is 4.71. The van der Waals surface area contributed by atoms with Gasteiger partial charge in [-0.25, -0.2) is 9.37 Å². The number of carbonyl (C=O) groups is 1. The van der Waals surface area contributed by atoms with E-state index in [9.17, 15) is 14.3 Å². The Labute approximate surface area is 133 Å². The predicted molar refractivity (Wildman–Crippen MR) is 84.4 cm³/mol. The molecule has 0 aliphatic carbocycles. The van der Waals surface area contributed by atoms with Crippen molar-refractivity contribution in [2.75, 3.05) is 20.1 Å². The first-order valence-corrected chi connectivity index (χ1v) is 7.69. The van der Waals surface area contributed by atoms with E-state index in [1.807, 2.05) is 18.9 Å². The van der Waals surface area contributed by atoms with Crippen molar-refractivity contribution in [1.82, 2.24) is 20.2 Å². The topological polar surface area (TPSA) is 81.2 Å². The number of aromatic amines is 1. The van der Waals surface area contributed by atoms with Crippen LogP contribution < -0.4 is 5.32 Å². The molecule has 3 rings (SSSR count). The molecule has 23 heavy (non-hydrogen) atoms. The number of fused-ring (bicyclic) bond motifs is 1. The first-order valence-electron chi connectivity index (χ1n) is 7.69. The van der Waals surface area contributed by atoms with Gasteiger partial charge in [0.05, 0.1) is 17.8 Å². The fraction of sp³-hybridized carbons (Fsp3) is 0.500. The number of nitrogens with one attached hydrogen (secondary N) is 2. The molecule has 0 spiro atoms. The second-order valence-corrected chi connectivity index (χ2v) is 6.38. The van der Waals surface area contributed by atoms with Gasteiger partial charge in [0.25, 0.3) is 0 Å². The van der Waals surface area contributed by atoms with Gasteiger partial charge in [0, 0.05) is 31.1 Å². The Morgan fingerprint density at radius 2 is 2.43 bits per heavy atom. The molecule has 3 heterocycles. The number of amides is 1. The van der Waals surface area contributed by atoms with Gasteiger partial charge in [0.2, 0.25) is 5.91 Å². The summed E-state index contributed by atoms with van der Waals surface area (Å²) in [6, 6.07) is 1.44. The molecule has 2 unspecified atom stereocenters. The molecule has 2 atom stereocenters. The van der Waals surface area contributed by atoms with E-state index in [1.54, 1.807) is 6.20 Å². The molecule has 2 aromatic rings. The highest BCUT2D eigenvalue weighted by molar-refractivity contribution is 5.86. The van der Waals surface area contributed by atoms with Crippen molar-refractivity contribution in [3.8, 4) is 0 Å². The van der Waals surface area contributed by atoms with Crippen LogP contribution in [0, 0.1) is 5.82 Å². The van der Waals surface area contributed by atoms with Crippen LogP contribution in [0.3, 0.4) is 0 Å². The van der Waals surface area contributed by atoms with E-state index >= 15 is 0 Å². The number of hydrogen-bond donors (Lipinski definition) is 3. The molecule has 0 radical (unpaired) electrons. The van der Waals surface area contributed by atoms with Crippen LogP contribution in [-0.2, 0) is 11.2 Å². The summed E-state index contributed by atoms with van der Waals surface area (Å²) in [6.45, 7) is 2.78. The number of carbonyl (C=O) groups excluding carboxylic acids is 1. The maximum Gasteiger partial charge on any atom is 0.240 e. The molecule has 7 heteroatoms. The van der Waals surface area contributed by atoms with Crippen LogP contribution >= 0.6 is 0 Å². The van der Waals surface area contributed by atoms with Gasteiger partial charge in [-0.2, -0.15) is 0 Å². The number of aromatic nitrogens is 2. The van der Waals surface area contributed by atoms with Gasteiger partial charge in [-0.15, -0.1) is 0 Å². The van der Waals surface area contributed by atoms with Gasteiger partial charge in [-0.3, -0.25) is 9.69 Å². The lowest BCUT2D eigenvalue weighted by Gasteiger charge is -2.30. The van der Waals surface area contributed by atoms with Gasteiger partial charge in [0.15, 0.2) is 0 Å². The lowest BCUT2D eigenvalue weighted by atomic mass is 9.97. The Balaban J connectivity index is 1.63. The minimum absolute atomic E-state index is 0.0966. The van der Waals surface area contributed by atoms with Crippen LogP contribution in [0.25, 0.3) is 11.0 Å². The fourth-order valence-corrected chi connectivity index (χ4v) is 3.20. The maximum absolute atomic E-state index is 13.3. The quantitative estimate of drug-likeness (QED) is 0.779. The van der Waals surface area contributed by atoms with Crippen molar-refractivity contribution in [3.05, 3.63) is 29.8 Å². The highest BCUT2D eigenvalue weighted by Crippen LogP contribution is 2.27. The maximum atomic E-state index is 13.3. The average molecular weight is 320 g/mol. The summed E-state index contributed by atoms with van der Waals surface area (Å²) < 4.78 is 13.3. The van der Waals surface area contributed by atoms with Crippen LogP contribution in [0.4, 0.5) is 4.39 Å². The van der Waals surface area contributed by atoms with Crippen molar-refractivity contribution in [3.63, 3.8) is 0 Å². The van der Waals surface area contributed by atoms with E-state index in [2.05, 4.69) is 15.3 Å². The largest absolute Gasteiger partial charge is 0.392 e. The van der Waals surface area contributed by atoms with Gasteiger partial charge < -0.3 is 15.4 Å². The number of rotatable bonds is 4. The van der Waals surface area contributed by atoms with Crippen LogP contribution in [-0.4, -0.2) is 57.7 Å². The van der Waals surface area contributed by atoms with Crippen LogP contribution in [0.5, 0.6) is 0 Å². The zero-order chi connectivity index (χ0) is 16.6. The number of likely N-dealkylation sites (N-methyl/N-ethyl adjacent to an activating group) is 1. The summed E-state index contributed by atoms with van der Waals surface area (Å²) in [7, 11) is 1.84. The Bertz CT molecular complexity index is 732. The van der Waals surface area contributed by atoms with E-state index in [0.717, 1.165) is 10.9 Å². The van der Waals surface area contributed by atoms with E-state index in [0.29, 0.717) is 31.6 Å². The zero-order valence-corrected chi connectivity index (χ0v) is 13.3. The average Bonchev–Trinajstić information content (AvgIpc) is 3.00. The number of H-pyrrole nitrogens is 1. The number of hydrogen-bond acceptors (Lipinski definition) is 4. The molecule has 0 saturated carbocycles. The molecule has 1 saturated heterocycles. The molecule has 6 nitrogen and oxygen atoms in total. The first-order chi connectivity index (χ1) is 10.9. The summed E-state index contributed by atoms with van der Waals surface area (Å²) >= 11 is 0. The molecule has 1 amide bonds. The van der Waals surface area contributed by atoms with Crippen molar-refractivity contribution in [1.29, 1.82) is 0 Å². The zero-order valence-electron chi connectivity index (χ0n) is 13.3. The van der Waals surface area contributed by atoms with E-state index in [1.165, 1.54) is 12.3 Å². The Hall–Kier alpha value is -1.99. The van der Waals surface area contributed by atoms with Crippen molar-refractivity contribution in [2.45, 2.75) is 31.4 Å². The molecule has 0 aromatic carbocycles. The summed E-state index contributed by atoms with van der Waals surface area (Å²) in [5.74, 6) is -0.475. The molecule has 124 valence electrons. The Morgan fingerprint density at radius 3 is 3.13 bits per heavy atom. The SMILES string of the molecule is CN1CC(O)CC1(C)C(=O)NCCc1c[nH]c2ncc(F)cc12. The number of aliphatic hydroxyl groups is 1. The lowest BCUT2D eigenvalue weighted by molar-refractivity contribution is -0.130. The molecule has 1 fully saturated rings. The van der Waals surface area contributed by atoms with Crippen molar-refractivity contribution in [2.24, 2.45) is 0 Å². The van der Waals surface area contributed by atoms with E-state index < -0.39 is 11.6 Å². The van der Waals surface area contributed by atoms with Gasteiger partial charge in [-0.05, 0) is 32.0 Å². The summed E-state index contributed by atoms with van der Waals surface area (Å²) in [6.07, 6.45) is 3.50. The Morgan fingerprint density at radius 1 is 1.65 bits per heavy atom. The standard InChI is InChI=1S/C16H21FN4O2/c1-16(6-12(22)9-21(16)2)15(23)18-4-3-10-7-19-14-13(10)5-11(17)8-20-14/h5,7-8,12,22H,3-4,6,9H2,1-2H3,(H,18,23)(H,19,20). The predicted octanol–water partition coefficient (Wildman–Crippen LogP) is 0.816. The second-order valence-electron chi connectivity index (χ2n) is 6.38. The monoisotopic (exact) mass is 320 g/mol. The first kappa shape index (κ1) is 15.9. The minimum Gasteiger partial charge on any atom is -0.392 e.